The minimum atomic E-state index is -1.06. The van der Waals surface area contributed by atoms with Gasteiger partial charge in [-0.25, -0.2) is 4.79 Å². The van der Waals surface area contributed by atoms with E-state index in [0.29, 0.717) is 24.5 Å². The first-order chi connectivity index (χ1) is 9.65. The molecule has 5 nitrogen and oxygen atoms in total. The maximum atomic E-state index is 12.5. The quantitative estimate of drug-likeness (QED) is 0.225. The summed E-state index contributed by atoms with van der Waals surface area (Å²) in [4.78, 5) is 25.2. The van der Waals surface area contributed by atoms with Crippen molar-refractivity contribution in [2.45, 2.75) is 33.5 Å². The highest BCUT2D eigenvalue weighted by Crippen LogP contribution is 2.32. The molecule has 0 aromatic heterocycles. The lowest BCUT2D eigenvalue weighted by Gasteiger charge is -2.17. The topological polar surface area (TPSA) is 61.8 Å². The average Bonchev–Trinajstić information content (AvgIpc) is 2.92. The van der Waals surface area contributed by atoms with Gasteiger partial charge in [0.15, 0.2) is 0 Å². The van der Waals surface area contributed by atoms with Crippen molar-refractivity contribution in [3.8, 4) is 0 Å². The Morgan fingerprint density at radius 3 is 2.30 bits per heavy atom. The number of allylic oxidation sites excluding steroid dienone is 2. The molecule has 0 aliphatic carbocycles. The zero-order valence-corrected chi connectivity index (χ0v) is 12.8. The molecule has 1 rings (SSSR count). The summed E-state index contributed by atoms with van der Waals surface area (Å²) in [6.45, 7) is 6.10. The predicted octanol–water partition coefficient (Wildman–Crippen LogP) is 2.42. The molecule has 20 heavy (non-hydrogen) atoms. The van der Waals surface area contributed by atoms with Crippen LogP contribution in [0.2, 0.25) is 0 Å². The van der Waals surface area contributed by atoms with Crippen LogP contribution in [-0.2, 0) is 23.8 Å². The summed E-state index contributed by atoms with van der Waals surface area (Å²) in [5, 5.41) is 1.85. The van der Waals surface area contributed by atoms with Crippen LogP contribution in [0, 0.1) is 0 Å². The summed E-state index contributed by atoms with van der Waals surface area (Å²) in [6, 6.07) is 0. The van der Waals surface area contributed by atoms with Gasteiger partial charge in [-0.05, 0) is 32.6 Å². The molecule has 0 saturated carbocycles. The van der Waals surface area contributed by atoms with E-state index in [0.717, 1.165) is 0 Å². The molecular weight excluding hydrogens is 280 g/mol. The van der Waals surface area contributed by atoms with Gasteiger partial charge >= 0.3 is 5.97 Å². The zero-order chi connectivity index (χ0) is 15.0. The van der Waals surface area contributed by atoms with E-state index in [9.17, 15) is 9.59 Å². The van der Waals surface area contributed by atoms with Crippen LogP contribution in [0.3, 0.4) is 0 Å². The van der Waals surface area contributed by atoms with Gasteiger partial charge in [-0.1, -0.05) is 6.08 Å². The van der Waals surface area contributed by atoms with Gasteiger partial charge in [-0.2, -0.15) is 0 Å². The Labute approximate surface area is 123 Å². The lowest BCUT2D eigenvalue weighted by Crippen LogP contribution is -2.32. The minimum absolute atomic E-state index is 0.0359. The van der Waals surface area contributed by atoms with Crippen molar-refractivity contribution in [1.29, 1.82) is 0 Å². The largest absolute Gasteiger partial charge is 0.462 e. The van der Waals surface area contributed by atoms with E-state index < -0.39 is 18.0 Å². The first-order valence-electron chi connectivity index (χ1n) is 6.64. The average molecular weight is 300 g/mol. The van der Waals surface area contributed by atoms with Crippen LogP contribution in [-0.4, -0.2) is 37.9 Å². The third-order valence-electron chi connectivity index (χ3n) is 2.46. The summed E-state index contributed by atoms with van der Waals surface area (Å²) in [7, 11) is 0. The molecule has 0 aromatic rings. The maximum absolute atomic E-state index is 12.5. The molecule has 0 unspecified atom stereocenters. The van der Waals surface area contributed by atoms with Crippen LogP contribution < -0.4 is 0 Å². The lowest BCUT2D eigenvalue weighted by molar-refractivity contribution is -0.166. The van der Waals surface area contributed by atoms with Crippen LogP contribution in [0.25, 0.3) is 0 Å². The number of rotatable bonds is 8. The summed E-state index contributed by atoms with van der Waals surface area (Å²) in [6.07, 6.45) is 1.39. The van der Waals surface area contributed by atoms with Gasteiger partial charge in [0.25, 0.3) is 0 Å². The van der Waals surface area contributed by atoms with Crippen molar-refractivity contribution in [2.75, 3.05) is 19.8 Å². The molecule has 0 radical (unpaired) electrons. The molecule has 0 spiro atoms. The van der Waals surface area contributed by atoms with Gasteiger partial charge in [0.05, 0.1) is 6.61 Å². The lowest BCUT2D eigenvalue weighted by atomic mass is 10.1. The van der Waals surface area contributed by atoms with Crippen LogP contribution in [0.5, 0.6) is 0 Å². The van der Waals surface area contributed by atoms with E-state index in [2.05, 4.69) is 0 Å². The highest BCUT2D eigenvalue weighted by atomic mass is 32.2. The molecule has 0 amide bonds. The zero-order valence-electron chi connectivity index (χ0n) is 12.0. The number of thioether (sulfide) groups is 1. The first kappa shape index (κ1) is 16.9. The third-order valence-corrected chi connectivity index (χ3v) is 3.45. The highest BCUT2D eigenvalue weighted by molar-refractivity contribution is 8.06. The van der Waals surface area contributed by atoms with Crippen molar-refractivity contribution in [3.05, 3.63) is 22.0 Å². The molecule has 1 aliphatic rings. The Balaban J connectivity index is 3.00. The van der Waals surface area contributed by atoms with E-state index in [4.69, 9.17) is 14.2 Å². The molecule has 0 fully saturated rings. The van der Waals surface area contributed by atoms with Crippen LogP contribution in [0.1, 0.15) is 27.2 Å². The fourth-order valence-electron chi connectivity index (χ4n) is 1.67. The van der Waals surface area contributed by atoms with Crippen LogP contribution in [0.15, 0.2) is 22.0 Å². The van der Waals surface area contributed by atoms with Crippen molar-refractivity contribution in [2.24, 2.45) is 0 Å². The Kier molecular flexibility index (Phi) is 7.58. The molecule has 0 saturated heterocycles. The number of hydrogen-bond acceptors (Lipinski definition) is 6. The Hall–Kier alpha value is -1.11. The summed E-state index contributed by atoms with van der Waals surface area (Å²) in [5.74, 6) is -1.09. The Bertz CT molecular complexity index is 398. The van der Waals surface area contributed by atoms with E-state index in [-0.39, 0.29) is 12.2 Å². The van der Waals surface area contributed by atoms with Gasteiger partial charge in [0, 0.05) is 18.1 Å². The van der Waals surface area contributed by atoms with Gasteiger partial charge < -0.3 is 14.2 Å². The Morgan fingerprint density at radius 1 is 1.20 bits per heavy atom. The molecule has 0 atom stereocenters. The third kappa shape index (κ3) is 4.47. The first-order valence-corrected chi connectivity index (χ1v) is 7.52. The highest BCUT2D eigenvalue weighted by Gasteiger charge is 2.32. The second-order valence-electron chi connectivity index (χ2n) is 3.82. The van der Waals surface area contributed by atoms with E-state index in [1.807, 2.05) is 11.5 Å². The number of ketones is 1. The second kappa shape index (κ2) is 8.94. The summed E-state index contributed by atoms with van der Waals surface area (Å²) < 4.78 is 15.5. The smallest absolute Gasteiger partial charge is 0.342 e. The van der Waals surface area contributed by atoms with E-state index in [1.165, 1.54) is 11.8 Å². The van der Waals surface area contributed by atoms with Crippen molar-refractivity contribution < 1.29 is 23.8 Å². The fraction of sp³-hybridized carbons (Fsp3) is 0.571. The van der Waals surface area contributed by atoms with Gasteiger partial charge in [-0.3, -0.25) is 4.79 Å². The monoisotopic (exact) mass is 300 g/mol. The second-order valence-corrected chi connectivity index (χ2v) is 4.82. The maximum Gasteiger partial charge on any atom is 0.342 e. The number of Topliss-reactive ketones (excluding diaryl/α,β-unsaturated/α-hetero) is 1. The van der Waals surface area contributed by atoms with Crippen molar-refractivity contribution in [3.63, 3.8) is 0 Å². The van der Waals surface area contributed by atoms with E-state index >= 15 is 0 Å². The SMILES string of the molecule is CCOC(=O)C(C(=O)C(OCC)OCC)=C1CC=CS1. The molecule has 0 bridgehead atoms. The molecule has 1 heterocycles. The number of carbonyl (C=O) groups is 2. The minimum Gasteiger partial charge on any atom is -0.462 e. The molecule has 0 N–H and O–H groups in total. The molecule has 112 valence electrons. The number of ether oxygens (including phenoxy) is 3. The molecule has 6 heteroatoms. The number of hydrogen-bond donors (Lipinski definition) is 0. The standard InChI is InChI=1S/C14H20O5S/c1-4-17-13(16)11(10-8-7-9-20-10)12(15)14(18-5-2)19-6-3/h7,9,14H,4-6,8H2,1-3H3. The van der Waals surface area contributed by atoms with Crippen LogP contribution in [0.4, 0.5) is 0 Å². The number of carbonyl (C=O) groups excluding carboxylic acids is 2. The Morgan fingerprint density at radius 2 is 1.85 bits per heavy atom. The molecular formula is C14H20O5S. The molecule has 1 aliphatic heterocycles. The summed E-state index contributed by atoms with van der Waals surface area (Å²) in [5.41, 5.74) is 0.0359. The van der Waals surface area contributed by atoms with Gasteiger partial charge in [-0.15, -0.1) is 11.8 Å². The fourth-order valence-corrected chi connectivity index (χ4v) is 2.52. The predicted molar refractivity (Wildman–Crippen MR) is 77.1 cm³/mol. The number of esters is 1. The summed E-state index contributed by atoms with van der Waals surface area (Å²) >= 11 is 1.35. The van der Waals surface area contributed by atoms with Crippen molar-refractivity contribution in [1.82, 2.24) is 0 Å². The normalized spacial score (nSPS) is 16.6. The van der Waals surface area contributed by atoms with Crippen molar-refractivity contribution >= 4 is 23.5 Å². The van der Waals surface area contributed by atoms with Gasteiger partial charge in [0.1, 0.15) is 5.57 Å². The van der Waals surface area contributed by atoms with E-state index in [1.54, 1.807) is 20.8 Å². The van der Waals surface area contributed by atoms with Gasteiger partial charge in [0.2, 0.25) is 12.1 Å². The van der Waals surface area contributed by atoms with Crippen LogP contribution >= 0.6 is 11.8 Å². The molecule has 0 aromatic carbocycles.